The summed E-state index contributed by atoms with van der Waals surface area (Å²) in [4.78, 5) is 23.4. The summed E-state index contributed by atoms with van der Waals surface area (Å²) in [5.41, 5.74) is 0.422. The number of amides is 1. The van der Waals surface area contributed by atoms with Crippen LogP contribution in [-0.2, 0) is 14.3 Å². The van der Waals surface area contributed by atoms with Crippen molar-refractivity contribution in [1.29, 1.82) is 0 Å². The molecular weight excluding hydrogens is 335 g/mol. The molecule has 0 spiro atoms. The predicted octanol–water partition coefficient (Wildman–Crippen LogP) is 3.78. The predicted molar refractivity (Wildman–Crippen MR) is 85.4 cm³/mol. The molecule has 0 aliphatic rings. The molecule has 25 heavy (non-hydrogen) atoms. The van der Waals surface area contributed by atoms with Crippen molar-refractivity contribution in [3.05, 3.63) is 65.5 Å². The van der Waals surface area contributed by atoms with Gasteiger partial charge in [0.25, 0.3) is 5.91 Å². The quantitative estimate of drug-likeness (QED) is 0.637. The summed E-state index contributed by atoms with van der Waals surface area (Å²) < 4.78 is 44.2. The number of carbonyl (C=O) groups is 2. The molecule has 0 heterocycles. The molecule has 0 aliphatic heterocycles. The van der Waals surface area contributed by atoms with E-state index < -0.39 is 41.6 Å². The highest BCUT2D eigenvalue weighted by Gasteiger charge is 2.17. The maximum atomic E-state index is 13.4. The number of rotatable bonds is 6. The highest BCUT2D eigenvalue weighted by atomic mass is 19.2. The molecule has 2 rings (SSSR count). The Morgan fingerprint density at radius 3 is 2.40 bits per heavy atom. The van der Waals surface area contributed by atoms with Gasteiger partial charge < -0.3 is 10.1 Å². The zero-order valence-corrected chi connectivity index (χ0v) is 13.4. The Bertz CT molecular complexity index is 766. The van der Waals surface area contributed by atoms with Crippen molar-refractivity contribution in [3.63, 3.8) is 0 Å². The summed E-state index contributed by atoms with van der Waals surface area (Å²) in [6.45, 7) is 1.19. The SMILES string of the molecule is C[C@H](CC(=O)OCC(=O)Nc1ccc(F)c(F)c1F)c1ccccc1. The molecule has 0 radical (unpaired) electrons. The van der Waals surface area contributed by atoms with E-state index in [2.05, 4.69) is 0 Å². The second-order valence-electron chi connectivity index (χ2n) is 5.45. The summed E-state index contributed by atoms with van der Waals surface area (Å²) in [6.07, 6.45) is 0.0663. The van der Waals surface area contributed by atoms with Crippen molar-refractivity contribution in [2.24, 2.45) is 0 Å². The summed E-state index contributed by atoms with van der Waals surface area (Å²) in [5.74, 6) is -6.12. The first-order chi connectivity index (χ1) is 11.9. The van der Waals surface area contributed by atoms with Gasteiger partial charge in [0.1, 0.15) is 0 Å². The highest BCUT2D eigenvalue weighted by Crippen LogP contribution is 2.20. The maximum Gasteiger partial charge on any atom is 0.306 e. The second-order valence-corrected chi connectivity index (χ2v) is 5.45. The molecule has 4 nitrogen and oxygen atoms in total. The normalized spacial score (nSPS) is 11.7. The zero-order chi connectivity index (χ0) is 18.4. The molecule has 0 saturated carbocycles. The Labute approximate surface area is 142 Å². The van der Waals surface area contributed by atoms with E-state index in [1.165, 1.54) is 0 Å². The van der Waals surface area contributed by atoms with Crippen LogP contribution < -0.4 is 5.32 Å². The number of anilines is 1. The van der Waals surface area contributed by atoms with Gasteiger partial charge in [-0.05, 0) is 23.6 Å². The van der Waals surface area contributed by atoms with Crippen molar-refractivity contribution >= 4 is 17.6 Å². The van der Waals surface area contributed by atoms with Gasteiger partial charge >= 0.3 is 5.97 Å². The second kappa shape index (κ2) is 8.32. The highest BCUT2D eigenvalue weighted by molar-refractivity contribution is 5.92. The first-order valence-corrected chi connectivity index (χ1v) is 7.52. The molecule has 132 valence electrons. The van der Waals surface area contributed by atoms with Gasteiger partial charge in [-0.25, -0.2) is 13.2 Å². The molecule has 2 aromatic carbocycles. The van der Waals surface area contributed by atoms with Crippen molar-refractivity contribution < 1.29 is 27.5 Å². The van der Waals surface area contributed by atoms with Gasteiger partial charge in [0.05, 0.1) is 12.1 Å². The fraction of sp³-hybridized carbons (Fsp3) is 0.222. The van der Waals surface area contributed by atoms with E-state index in [0.717, 1.165) is 11.6 Å². The lowest BCUT2D eigenvalue weighted by Crippen LogP contribution is -2.22. The largest absolute Gasteiger partial charge is 0.456 e. The minimum Gasteiger partial charge on any atom is -0.456 e. The molecule has 1 atom stereocenters. The average molecular weight is 351 g/mol. The molecule has 1 amide bonds. The summed E-state index contributed by atoms with van der Waals surface area (Å²) >= 11 is 0. The summed E-state index contributed by atoms with van der Waals surface area (Å²) in [5, 5.41) is 2.02. The fourth-order valence-corrected chi connectivity index (χ4v) is 2.16. The van der Waals surface area contributed by atoms with Crippen LogP contribution in [0.15, 0.2) is 42.5 Å². The van der Waals surface area contributed by atoms with E-state index in [-0.39, 0.29) is 12.3 Å². The molecule has 0 aromatic heterocycles. The van der Waals surface area contributed by atoms with Gasteiger partial charge in [-0.3, -0.25) is 9.59 Å². The third-order valence-corrected chi connectivity index (χ3v) is 3.51. The van der Waals surface area contributed by atoms with Crippen molar-refractivity contribution in [1.82, 2.24) is 0 Å². The lowest BCUT2D eigenvalue weighted by Gasteiger charge is -2.12. The average Bonchev–Trinajstić information content (AvgIpc) is 2.61. The van der Waals surface area contributed by atoms with E-state index in [1.807, 2.05) is 42.6 Å². The number of carbonyl (C=O) groups excluding carboxylic acids is 2. The summed E-state index contributed by atoms with van der Waals surface area (Å²) in [6, 6.07) is 10.9. The van der Waals surface area contributed by atoms with Crippen LogP contribution in [0.2, 0.25) is 0 Å². The first kappa shape index (κ1) is 18.5. The van der Waals surface area contributed by atoms with Crippen LogP contribution in [0.1, 0.15) is 24.8 Å². The number of nitrogens with one attached hydrogen (secondary N) is 1. The smallest absolute Gasteiger partial charge is 0.306 e. The van der Waals surface area contributed by atoms with Crippen molar-refractivity contribution in [3.8, 4) is 0 Å². The zero-order valence-electron chi connectivity index (χ0n) is 13.4. The van der Waals surface area contributed by atoms with Crippen LogP contribution in [0.5, 0.6) is 0 Å². The van der Waals surface area contributed by atoms with E-state index in [9.17, 15) is 22.8 Å². The van der Waals surface area contributed by atoms with E-state index >= 15 is 0 Å². The van der Waals surface area contributed by atoms with Gasteiger partial charge in [0.2, 0.25) is 0 Å². The number of hydrogen-bond acceptors (Lipinski definition) is 3. The molecule has 7 heteroatoms. The van der Waals surface area contributed by atoms with Crippen LogP contribution in [0.4, 0.5) is 18.9 Å². The fourth-order valence-electron chi connectivity index (χ4n) is 2.16. The third kappa shape index (κ3) is 5.07. The molecule has 0 aliphatic carbocycles. The van der Waals surface area contributed by atoms with Crippen LogP contribution in [0.3, 0.4) is 0 Å². The van der Waals surface area contributed by atoms with Gasteiger partial charge in [-0.15, -0.1) is 0 Å². The van der Waals surface area contributed by atoms with Crippen LogP contribution in [0, 0.1) is 17.5 Å². The first-order valence-electron chi connectivity index (χ1n) is 7.52. The number of hydrogen-bond donors (Lipinski definition) is 1. The standard InChI is InChI=1S/C18H16F3NO3/c1-11(12-5-3-2-4-6-12)9-16(24)25-10-15(23)22-14-8-7-13(19)17(20)18(14)21/h2-8,11H,9-10H2,1H3,(H,22,23)/t11-/m1/s1. The lowest BCUT2D eigenvalue weighted by atomic mass is 9.98. The molecule has 0 unspecified atom stereocenters. The number of ether oxygens (including phenoxy) is 1. The number of halogens is 3. The van der Waals surface area contributed by atoms with E-state index in [0.29, 0.717) is 6.07 Å². The van der Waals surface area contributed by atoms with Gasteiger partial charge in [-0.1, -0.05) is 37.3 Å². The minimum atomic E-state index is -1.69. The van der Waals surface area contributed by atoms with Gasteiger partial charge in [0, 0.05) is 0 Å². The molecule has 2 aromatic rings. The molecule has 0 bridgehead atoms. The number of benzene rings is 2. The van der Waals surface area contributed by atoms with E-state index in [4.69, 9.17) is 4.74 Å². The third-order valence-electron chi connectivity index (χ3n) is 3.51. The lowest BCUT2D eigenvalue weighted by molar-refractivity contribution is -0.147. The topological polar surface area (TPSA) is 55.4 Å². The molecule has 1 N–H and O–H groups in total. The Hall–Kier alpha value is -2.83. The maximum absolute atomic E-state index is 13.4. The molecule has 0 fully saturated rings. The number of esters is 1. The van der Waals surface area contributed by atoms with Crippen LogP contribution in [0.25, 0.3) is 0 Å². The van der Waals surface area contributed by atoms with Crippen molar-refractivity contribution in [2.75, 3.05) is 11.9 Å². The Kier molecular flexibility index (Phi) is 6.16. The van der Waals surface area contributed by atoms with Crippen LogP contribution >= 0.6 is 0 Å². The Balaban J connectivity index is 1.84. The Morgan fingerprint density at radius 2 is 1.72 bits per heavy atom. The van der Waals surface area contributed by atoms with Crippen LogP contribution in [-0.4, -0.2) is 18.5 Å². The van der Waals surface area contributed by atoms with Gasteiger partial charge in [0.15, 0.2) is 24.1 Å². The molecule has 0 saturated heterocycles. The van der Waals surface area contributed by atoms with E-state index in [1.54, 1.807) is 0 Å². The monoisotopic (exact) mass is 351 g/mol. The van der Waals surface area contributed by atoms with Gasteiger partial charge in [-0.2, -0.15) is 0 Å². The molecular formula is C18H16F3NO3. The Morgan fingerprint density at radius 1 is 1.04 bits per heavy atom. The minimum absolute atomic E-state index is 0.0663. The summed E-state index contributed by atoms with van der Waals surface area (Å²) in [7, 11) is 0. The van der Waals surface area contributed by atoms with Crippen molar-refractivity contribution in [2.45, 2.75) is 19.3 Å².